The van der Waals surface area contributed by atoms with Gasteiger partial charge in [-0.15, -0.1) is 0 Å². The topological polar surface area (TPSA) is 82.0 Å². The van der Waals surface area contributed by atoms with Crippen LogP contribution in [0.15, 0.2) is 23.3 Å². The van der Waals surface area contributed by atoms with Crippen LogP contribution in [0.5, 0.6) is 11.5 Å². The van der Waals surface area contributed by atoms with E-state index in [0.29, 0.717) is 33.8 Å². The third-order valence-corrected chi connectivity index (χ3v) is 4.25. The van der Waals surface area contributed by atoms with Crippen LogP contribution < -0.4 is 14.9 Å². The van der Waals surface area contributed by atoms with Crippen molar-refractivity contribution in [3.8, 4) is 11.5 Å². The predicted octanol–water partition coefficient (Wildman–Crippen LogP) is 3.48. The van der Waals surface area contributed by atoms with Crippen molar-refractivity contribution in [3.05, 3.63) is 34.3 Å². The monoisotopic (exact) mass is 363 g/mol. The van der Waals surface area contributed by atoms with Gasteiger partial charge in [0.05, 0.1) is 32.7 Å². The minimum Gasteiger partial charge on any atom is -0.493 e. The normalized spacial score (nSPS) is 10.7. The third-order valence-electron chi connectivity index (χ3n) is 3.21. The van der Waals surface area contributed by atoms with Gasteiger partial charge in [0, 0.05) is 5.56 Å². The summed E-state index contributed by atoms with van der Waals surface area (Å²) in [4.78, 5) is 16.3. The molecule has 0 unspecified atom stereocenters. The Hall–Kier alpha value is -2.61. The second kappa shape index (κ2) is 9.03. The number of nitrogens with zero attached hydrogens (tertiary/aromatic N) is 2. The molecule has 1 N–H and O–H groups in total. The van der Waals surface area contributed by atoms with Gasteiger partial charge in [-0.05, 0) is 25.5 Å². The summed E-state index contributed by atoms with van der Waals surface area (Å²) in [5.41, 5.74) is 4.21. The number of nitrogens with one attached hydrogen (secondary N) is 1. The van der Waals surface area contributed by atoms with Gasteiger partial charge in [-0.3, -0.25) is 5.43 Å². The number of esters is 1. The lowest BCUT2D eigenvalue weighted by Crippen LogP contribution is -2.01. The highest BCUT2D eigenvalue weighted by atomic mass is 32.1. The second-order valence-electron chi connectivity index (χ2n) is 5.02. The van der Waals surface area contributed by atoms with Gasteiger partial charge in [-0.25, -0.2) is 9.78 Å². The van der Waals surface area contributed by atoms with Gasteiger partial charge in [-0.1, -0.05) is 24.3 Å². The Morgan fingerprint density at radius 3 is 2.88 bits per heavy atom. The number of thiazole rings is 1. The fraction of sp³-hybridized carbons (Fsp3) is 0.353. The number of para-hydroxylation sites is 1. The molecule has 0 aliphatic carbocycles. The number of hydrogen-bond donors (Lipinski definition) is 1. The highest BCUT2D eigenvalue weighted by Gasteiger charge is 2.15. The van der Waals surface area contributed by atoms with Crippen molar-refractivity contribution in [1.29, 1.82) is 0 Å². The zero-order valence-corrected chi connectivity index (χ0v) is 15.5. The van der Waals surface area contributed by atoms with Crippen molar-refractivity contribution in [2.45, 2.75) is 20.3 Å². The summed E-state index contributed by atoms with van der Waals surface area (Å²) in [7, 11) is 2.94. The van der Waals surface area contributed by atoms with Crippen LogP contribution in [0.2, 0.25) is 0 Å². The number of anilines is 1. The smallest absolute Gasteiger partial charge is 0.350 e. The summed E-state index contributed by atoms with van der Waals surface area (Å²) in [6.45, 7) is 4.37. The van der Waals surface area contributed by atoms with E-state index < -0.39 is 5.97 Å². The zero-order chi connectivity index (χ0) is 18.2. The van der Waals surface area contributed by atoms with Gasteiger partial charge in [0.25, 0.3) is 0 Å². The van der Waals surface area contributed by atoms with Crippen LogP contribution in [0, 0.1) is 6.92 Å². The summed E-state index contributed by atoms with van der Waals surface area (Å²) >= 11 is 1.19. The van der Waals surface area contributed by atoms with Crippen molar-refractivity contribution in [3.63, 3.8) is 0 Å². The molecule has 2 rings (SSSR count). The number of methoxy groups -OCH3 is 2. The number of aromatic nitrogens is 1. The Morgan fingerprint density at radius 1 is 1.40 bits per heavy atom. The molecule has 0 saturated carbocycles. The number of carbonyl (C=O) groups excluding carboxylic acids is 1. The van der Waals surface area contributed by atoms with Gasteiger partial charge in [0.2, 0.25) is 5.13 Å². The zero-order valence-electron chi connectivity index (χ0n) is 14.7. The van der Waals surface area contributed by atoms with Crippen molar-refractivity contribution in [2.75, 3.05) is 26.3 Å². The van der Waals surface area contributed by atoms with Crippen molar-refractivity contribution in [1.82, 2.24) is 4.98 Å². The fourth-order valence-corrected chi connectivity index (χ4v) is 2.87. The Morgan fingerprint density at radius 2 is 2.20 bits per heavy atom. The molecule has 0 bridgehead atoms. The van der Waals surface area contributed by atoms with Crippen LogP contribution in [-0.4, -0.2) is 38.0 Å². The molecule has 7 nitrogen and oxygen atoms in total. The van der Waals surface area contributed by atoms with E-state index in [1.165, 1.54) is 18.4 Å². The van der Waals surface area contributed by atoms with Crippen LogP contribution >= 0.6 is 11.3 Å². The number of benzene rings is 1. The lowest BCUT2D eigenvalue weighted by molar-refractivity contribution is 0.0605. The summed E-state index contributed by atoms with van der Waals surface area (Å²) < 4.78 is 15.8. The standard InChI is InChI=1S/C17H21N3O4S/c1-5-9-24-14-12(7-6-8-13(14)22-3)10-18-20-17-19-11(2)15(25-17)16(21)23-4/h6-8,10H,5,9H2,1-4H3,(H,19,20)/b18-10+. The molecule has 0 saturated heterocycles. The largest absolute Gasteiger partial charge is 0.493 e. The number of carbonyl (C=O) groups is 1. The number of ether oxygens (including phenoxy) is 3. The maximum absolute atomic E-state index is 11.6. The second-order valence-corrected chi connectivity index (χ2v) is 6.02. The lowest BCUT2D eigenvalue weighted by atomic mass is 10.2. The number of hydrogen-bond acceptors (Lipinski definition) is 8. The summed E-state index contributed by atoms with van der Waals surface area (Å²) in [5.74, 6) is 0.883. The Labute approximate surface area is 150 Å². The van der Waals surface area contributed by atoms with E-state index in [-0.39, 0.29) is 0 Å². The van der Waals surface area contributed by atoms with Gasteiger partial charge in [-0.2, -0.15) is 5.10 Å². The summed E-state index contributed by atoms with van der Waals surface area (Å²) in [5, 5.41) is 4.69. The number of aryl methyl sites for hydroxylation is 1. The average molecular weight is 363 g/mol. The molecule has 0 spiro atoms. The molecule has 0 radical (unpaired) electrons. The molecule has 1 heterocycles. The maximum Gasteiger partial charge on any atom is 0.350 e. The van der Waals surface area contributed by atoms with Gasteiger partial charge in [0.15, 0.2) is 11.5 Å². The maximum atomic E-state index is 11.6. The van der Waals surface area contributed by atoms with Crippen LogP contribution in [0.1, 0.15) is 34.3 Å². The average Bonchev–Trinajstić information content (AvgIpc) is 3.00. The molecule has 0 aliphatic rings. The van der Waals surface area contributed by atoms with E-state index in [0.717, 1.165) is 12.0 Å². The number of rotatable bonds is 8. The molecule has 2 aromatic rings. The van der Waals surface area contributed by atoms with Gasteiger partial charge < -0.3 is 14.2 Å². The summed E-state index contributed by atoms with van der Waals surface area (Å²) in [6.07, 6.45) is 2.52. The minimum atomic E-state index is -0.407. The molecule has 0 fully saturated rings. The molecule has 0 amide bonds. The van der Waals surface area contributed by atoms with E-state index in [9.17, 15) is 4.79 Å². The quantitative estimate of drug-likeness (QED) is 0.439. The van der Waals surface area contributed by atoms with E-state index >= 15 is 0 Å². The first kappa shape index (κ1) is 18.7. The molecule has 134 valence electrons. The van der Waals surface area contributed by atoms with E-state index in [1.807, 2.05) is 25.1 Å². The molecular formula is C17H21N3O4S. The molecule has 0 atom stereocenters. The predicted molar refractivity (Wildman–Crippen MR) is 98.2 cm³/mol. The molecular weight excluding hydrogens is 342 g/mol. The first-order valence-corrected chi connectivity index (χ1v) is 8.57. The molecule has 1 aromatic heterocycles. The molecule has 0 aliphatic heterocycles. The van der Waals surface area contributed by atoms with Crippen molar-refractivity contribution < 1.29 is 19.0 Å². The van der Waals surface area contributed by atoms with Crippen LogP contribution in [0.3, 0.4) is 0 Å². The highest BCUT2D eigenvalue weighted by Crippen LogP contribution is 2.30. The van der Waals surface area contributed by atoms with E-state index in [2.05, 4.69) is 15.5 Å². The third kappa shape index (κ3) is 4.69. The highest BCUT2D eigenvalue weighted by molar-refractivity contribution is 7.17. The first-order valence-electron chi connectivity index (χ1n) is 7.75. The molecule has 25 heavy (non-hydrogen) atoms. The molecule has 1 aromatic carbocycles. The van der Waals surface area contributed by atoms with E-state index in [4.69, 9.17) is 14.2 Å². The minimum absolute atomic E-state index is 0.407. The van der Waals surface area contributed by atoms with Crippen LogP contribution in [0.4, 0.5) is 5.13 Å². The summed E-state index contributed by atoms with van der Waals surface area (Å²) in [6, 6.07) is 5.58. The van der Waals surface area contributed by atoms with Crippen molar-refractivity contribution in [2.24, 2.45) is 5.10 Å². The number of hydrazone groups is 1. The molecule has 8 heteroatoms. The Bertz CT molecular complexity index is 758. The van der Waals surface area contributed by atoms with Crippen molar-refractivity contribution >= 4 is 28.7 Å². The fourth-order valence-electron chi connectivity index (χ4n) is 2.04. The lowest BCUT2D eigenvalue weighted by Gasteiger charge is -2.12. The van der Waals surface area contributed by atoms with Crippen LogP contribution in [0.25, 0.3) is 0 Å². The van der Waals surface area contributed by atoms with Gasteiger partial charge >= 0.3 is 5.97 Å². The van der Waals surface area contributed by atoms with Gasteiger partial charge in [0.1, 0.15) is 4.88 Å². The van der Waals surface area contributed by atoms with Crippen LogP contribution in [-0.2, 0) is 4.74 Å². The Balaban J connectivity index is 2.15. The SMILES string of the molecule is CCCOc1c(/C=N/Nc2nc(C)c(C(=O)OC)s2)cccc1OC. The Kier molecular flexibility index (Phi) is 6.76. The van der Waals surface area contributed by atoms with E-state index in [1.54, 1.807) is 20.2 Å². The first-order chi connectivity index (χ1) is 12.1.